The summed E-state index contributed by atoms with van der Waals surface area (Å²) in [5.41, 5.74) is 4.99. The summed E-state index contributed by atoms with van der Waals surface area (Å²) >= 11 is 0. The van der Waals surface area contributed by atoms with Crippen molar-refractivity contribution in [1.29, 1.82) is 0 Å². The lowest BCUT2D eigenvalue weighted by Crippen LogP contribution is -1.99. The molecule has 0 aliphatic carbocycles. The van der Waals surface area contributed by atoms with Crippen molar-refractivity contribution in [3.8, 4) is 22.5 Å². The molecule has 5 aromatic rings. The molecule has 0 bridgehead atoms. The third kappa shape index (κ3) is 2.46. The maximum atomic E-state index is 13.4. The van der Waals surface area contributed by atoms with Crippen LogP contribution in [0.4, 0.5) is 10.2 Å². The van der Waals surface area contributed by atoms with Crippen molar-refractivity contribution in [1.82, 2.24) is 24.3 Å². The van der Waals surface area contributed by atoms with Gasteiger partial charge in [-0.15, -0.1) is 0 Å². The number of benzene rings is 2. The monoisotopic (exact) mass is 374 g/mol. The van der Waals surface area contributed by atoms with Gasteiger partial charge in [-0.1, -0.05) is 6.07 Å². The summed E-state index contributed by atoms with van der Waals surface area (Å²) in [5, 5.41) is 3.05. The summed E-state index contributed by atoms with van der Waals surface area (Å²) in [6.45, 7) is 0. The van der Waals surface area contributed by atoms with E-state index in [1.165, 1.54) is 12.1 Å². The Hall–Kier alpha value is -3.94. The Morgan fingerprint density at radius 1 is 1.04 bits per heavy atom. The van der Waals surface area contributed by atoms with Crippen molar-refractivity contribution >= 4 is 22.5 Å². The predicted molar refractivity (Wildman–Crippen MR) is 106 cm³/mol. The van der Waals surface area contributed by atoms with Gasteiger partial charge in [0, 0.05) is 30.6 Å². The molecule has 5 rings (SSSR count). The van der Waals surface area contributed by atoms with Crippen molar-refractivity contribution in [2.75, 3.05) is 12.4 Å². The number of hydrogen-bond donors (Lipinski definition) is 3. The van der Waals surface area contributed by atoms with Crippen LogP contribution < -0.4 is 11.0 Å². The van der Waals surface area contributed by atoms with Crippen molar-refractivity contribution in [3.63, 3.8) is 0 Å². The summed E-state index contributed by atoms with van der Waals surface area (Å²) in [4.78, 5) is 26.3. The van der Waals surface area contributed by atoms with Crippen LogP contribution in [0.5, 0.6) is 0 Å². The van der Waals surface area contributed by atoms with Gasteiger partial charge in [-0.25, -0.2) is 19.2 Å². The molecule has 8 heteroatoms. The van der Waals surface area contributed by atoms with Crippen LogP contribution in [0.3, 0.4) is 0 Å². The Balaban J connectivity index is 1.85. The van der Waals surface area contributed by atoms with E-state index in [1.54, 1.807) is 25.4 Å². The summed E-state index contributed by atoms with van der Waals surface area (Å²) in [7, 11) is 1.78. The molecule has 0 aliphatic rings. The van der Waals surface area contributed by atoms with Gasteiger partial charge in [-0.3, -0.25) is 4.40 Å². The zero-order valence-electron chi connectivity index (χ0n) is 14.8. The number of halogens is 1. The molecule has 3 N–H and O–H groups in total. The Kier molecular flexibility index (Phi) is 3.51. The normalized spacial score (nSPS) is 11.4. The summed E-state index contributed by atoms with van der Waals surface area (Å²) in [5.74, 6) is 0.325. The zero-order chi connectivity index (χ0) is 19.3. The highest BCUT2D eigenvalue weighted by atomic mass is 19.1. The molecule has 0 unspecified atom stereocenters. The molecule has 138 valence electrons. The third-order valence-corrected chi connectivity index (χ3v) is 4.69. The van der Waals surface area contributed by atoms with Crippen molar-refractivity contribution in [2.45, 2.75) is 0 Å². The Labute approximate surface area is 157 Å². The van der Waals surface area contributed by atoms with Crippen LogP contribution >= 0.6 is 0 Å². The molecule has 0 saturated carbocycles. The first kappa shape index (κ1) is 16.2. The molecule has 0 radical (unpaired) electrons. The number of anilines is 1. The Morgan fingerprint density at radius 2 is 1.79 bits per heavy atom. The number of aromatic amines is 2. The van der Waals surface area contributed by atoms with Crippen LogP contribution in [0, 0.1) is 5.82 Å². The molecule has 0 amide bonds. The molecular weight excluding hydrogens is 359 g/mol. The summed E-state index contributed by atoms with van der Waals surface area (Å²) < 4.78 is 15.4. The lowest BCUT2D eigenvalue weighted by atomic mass is 10.0. The van der Waals surface area contributed by atoms with Crippen LogP contribution in [0.15, 0.2) is 59.7 Å². The topological polar surface area (TPSA) is 90.9 Å². The lowest BCUT2D eigenvalue weighted by Gasteiger charge is -2.07. The molecule has 3 heterocycles. The van der Waals surface area contributed by atoms with E-state index in [-0.39, 0.29) is 11.5 Å². The van der Waals surface area contributed by atoms with Gasteiger partial charge in [0.15, 0.2) is 11.5 Å². The summed E-state index contributed by atoms with van der Waals surface area (Å²) in [6.07, 6.45) is 3.52. The number of rotatable bonds is 3. The molecule has 7 nitrogen and oxygen atoms in total. The van der Waals surface area contributed by atoms with E-state index in [1.807, 2.05) is 28.8 Å². The number of aromatic nitrogens is 5. The minimum Gasteiger partial charge on any atom is -0.370 e. The Bertz CT molecular complexity index is 1380. The van der Waals surface area contributed by atoms with E-state index in [4.69, 9.17) is 4.98 Å². The van der Waals surface area contributed by atoms with Crippen LogP contribution in [-0.4, -0.2) is 31.4 Å². The molecule has 2 aromatic carbocycles. The van der Waals surface area contributed by atoms with Crippen molar-refractivity contribution in [2.24, 2.45) is 0 Å². The number of hydrogen-bond acceptors (Lipinski definition) is 4. The maximum Gasteiger partial charge on any atom is 0.323 e. The number of nitrogens with one attached hydrogen (secondary N) is 3. The minimum absolute atomic E-state index is 0.259. The van der Waals surface area contributed by atoms with Gasteiger partial charge < -0.3 is 15.3 Å². The highest BCUT2D eigenvalue weighted by molar-refractivity contribution is 5.88. The second kappa shape index (κ2) is 6.05. The third-order valence-electron chi connectivity index (χ3n) is 4.69. The van der Waals surface area contributed by atoms with E-state index in [0.717, 1.165) is 22.3 Å². The van der Waals surface area contributed by atoms with Gasteiger partial charge in [0.2, 0.25) is 0 Å². The molecule has 0 spiro atoms. The van der Waals surface area contributed by atoms with Gasteiger partial charge in [-0.05, 0) is 36.4 Å². The highest BCUT2D eigenvalue weighted by Crippen LogP contribution is 2.35. The molecule has 0 fully saturated rings. The first-order valence-electron chi connectivity index (χ1n) is 8.67. The van der Waals surface area contributed by atoms with Crippen LogP contribution in [-0.2, 0) is 0 Å². The van der Waals surface area contributed by atoms with Crippen molar-refractivity contribution < 1.29 is 4.39 Å². The molecule has 3 aromatic heterocycles. The fourth-order valence-corrected chi connectivity index (χ4v) is 3.42. The largest absolute Gasteiger partial charge is 0.370 e. The number of nitrogens with zero attached hydrogens (tertiary/aromatic N) is 3. The van der Waals surface area contributed by atoms with E-state index in [9.17, 15) is 9.18 Å². The van der Waals surface area contributed by atoms with Gasteiger partial charge in [0.25, 0.3) is 0 Å². The van der Waals surface area contributed by atoms with Gasteiger partial charge in [-0.2, -0.15) is 0 Å². The lowest BCUT2D eigenvalue weighted by molar-refractivity contribution is 0.628. The van der Waals surface area contributed by atoms with E-state index in [0.29, 0.717) is 22.7 Å². The first-order chi connectivity index (χ1) is 13.6. The highest BCUT2D eigenvalue weighted by Gasteiger charge is 2.19. The van der Waals surface area contributed by atoms with Gasteiger partial charge >= 0.3 is 5.69 Å². The van der Waals surface area contributed by atoms with Crippen LogP contribution in [0.25, 0.3) is 39.2 Å². The number of fused-ring (bicyclic) bond motifs is 2. The van der Waals surface area contributed by atoms with Crippen molar-refractivity contribution in [3.05, 3.63) is 71.2 Å². The first-order valence-corrected chi connectivity index (χ1v) is 8.67. The molecule has 0 atom stereocenters. The average Bonchev–Trinajstić information content (AvgIpc) is 3.27. The second-order valence-electron chi connectivity index (χ2n) is 6.37. The zero-order valence-corrected chi connectivity index (χ0v) is 14.8. The molecule has 28 heavy (non-hydrogen) atoms. The van der Waals surface area contributed by atoms with Gasteiger partial charge in [0.1, 0.15) is 5.82 Å². The quantitative estimate of drug-likeness (QED) is 0.451. The second-order valence-corrected chi connectivity index (χ2v) is 6.37. The number of H-pyrrole nitrogens is 2. The van der Waals surface area contributed by atoms with E-state index in [2.05, 4.69) is 20.3 Å². The van der Waals surface area contributed by atoms with E-state index >= 15 is 0 Å². The SMILES string of the molecule is CNc1nccn2c(-c3ccc4[nH]c(=O)[nH]c4c3)c(-c3ccc(F)cc3)nc12. The Morgan fingerprint density at radius 3 is 2.57 bits per heavy atom. The molecule has 0 saturated heterocycles. The van der Waals surface area contributed by atoms with Crippen LogP contribution in [0.1, 0.15) is 0 Å². The fraction of sp³-hybridized carbons (Fsp3) is 0.0500. The van der Waals surface area contributed by atoms with E-state index < -0.39 is 0 Å². The summed E-state index contributed by atoms with van der Waals surface area (Å²) in [6, 6.07) is 11.9. The minimum atomic E-state index is -0.307. The van der Waals surface area contributed by atoms with Crippen LogP contribution in [0.2, 0.25) is 0 Å². The molecule has 0 aliphatic heterocycles. The molecular formula is C20H15FN6O. The average molecular weight is 374 g/mol. The maximum absolute atomic E-state index is 13.4. The number of imidazole rings is 2. The fourth-order valence-electron chi connectivity index (χ4n) is 3.42. The van der Waals surface area contributed by atoms with Gasteiger partial charge in [0.05, 0.1) is 22.4 Å². The smallest absolute Gasteiger partial charge is 0.323 e. The standard InChI is InChI=1S/C20H15FN6O/c1-22-18-19-26-16(11-2-5-13(21)6-3-11)17(27(19)9-8-23-18)12-4-7-14-15(10-12)25-20(28)24-14/h2-10H,1H3,(H,22,23)(H2,24,25,28). The predicted octanol–water partition coefficient (Wildman–Crippen LogP) is 3.41.